The van der Waals surface area contributed by atoms with Gasteiger partial charge in [-0.25, -0.2) is 0 Å². The van der Waals surface area contributed by atoms with E-state index < -0.39 is 0 Å². The van der Waals surface area contributed by atoms with Crippen LogP contribution in [0.4, 0.5) is 0 Å². The van der Waals surface area contributed by atoms with Gasteiger partial charge in [0.05, 0.1) is 0 Å². The first kappa shape index (κ1) is 13.4. The van der Waals surface area contributed by atoms with Crippen molar-refractivity contribution in [3.8, 4) is 5.75 Å². The molecule has 0 amide bonds. The Morgan fingerprint density at radius 2 is 1.95 bits per heavy atom. The first-order chi connectivity index (χ1) is 9.78. The van der Waals surface area contributed by atoms with Gasteiger partial charge in [-0.3, -0.25) is 0 Å². The summed E-state index contributed by atoms with van der Waals surface area (Å²) in [4.78, 5) is 0. The molecule has 0 bridgehead atoms. The Morgan fingerprint density at radius 3 is 2.75 bits per heavy atom. The van der Waals surface area contributed by atoms with Gasteiger partial charge in [0.2, 0.25) is 0 Å². The highest BCUT2D eigenvalue weighted by Crippen LogP contribution is 2.30. The Morgan fingerprint density at radius 1 is 1.10 bits per heavy atom. The van der Waals surface area contributed by atoms with Crippen molar-refractivity contribution < 1.29 is 4.74 Å². The van der Waals surface area contributed by atoms with Gasteiger partial charge in [-0.15, -0.1) is 11.3 Å². The predicted octanol–water partition coefficient (Wildman–Crippen LogP) is 4.59. The molecule has 0 aliphatic carbocycles. The Hall–Kier alpha value is -1.55. The second-order valence-corrected chi connectivity index (χ2v) is 5.85. The molecular formula is C16H14ClNOS. The van der Waals surface area contributed by atoms with Gasteiger partial charge >= 0.3 is 0 Å². The molecule has 2 nitrogen and oxygen atoms in total. The SMILES string of the molecule is NCc1cccc2scc(COc3cccc(Cl)c3)c12. The summed E-state index contributed by atoms with van der Waals surface area (Å²) in [6.07, 6.45) is 0. The lowest BCUT2D eigenvalue weighted by Crippen LogP contribution is -1.99. The summed E-state index contributed by atoms with van der Waals surface area (Å²) in [5, 5.41) is 4.04. The lowest BCUT2D eigenvalue weighted by Gasteiger charge is -2.07. The molecule has 0 aliphatic heterocycles. The van der Waals surface area contributed by atoms with Crippen LogP contribution >= 0.6 is 22.9 Å². The van der Waals surface area contributed by atoms with E-state index in [-0.39, 0.29) is 0 Å². The smallest absolute Gasteiger partial charge is 0.121 e. The topological polar surface area (TPSA) is 35.2 Å². The van der Waals surface area contributed by atoms with Gasteiger partial charge in [0, 0.05) is 27.2 Å². The first-order valence-electron chi connectivity index (χ1n) is 6.34. The number of rotatable bonds is 4. The number of ether oxygens (including phenoxy) is 1. The lowest BCUT2D eigenvalue weighted by molar-refractivity contribution is 0.308. The fourth-order valence-electron chi connectivity index (χ4n) is 2.23. The van der Waals surface area contributed by atoms with Crippen LogP contribution in [-0.4, -0.2) is 0 Å². The van der Waals surface area contributed by atoms with E-state index in [2.05, 4.69) is 17.5 Å². The van der Waals surface area contributed by atoms with Crippen LogP contribution in [-0.2, 0) is 13.2 Å². The molecule has 2 N–H and O–H groups in total. The van der Waals surface area contributed by atoms with Crippen LogP contribution in [0.2, 0.25) is 5.02 Å². The fourth-order valence-corrected chi connectivity index (χ4v) is 3.40. The average Bonchev–Trinajstić information content (AvgIpc) is 2.88. The standard InChI is InChI=1S/C16H14ClNOS/c17-13-4-2-5-14(7-13)19-9-12-10-20-15-6-1-3-11(8-18)16(12)15/h1-7,10H,8-9,18H2. The summed E-state index contributed by atoms with van der Waals surface area (Å²) in [7, 11) is 0. The molecule has 0 radical (unpaired) electrons. The monoisotopic (exact) mass is 303 g/mol. The summed E-state index contributed by atoms with van der Waals surface area (Å²) in [6.45, 7) is 1.07. The van der Waals surface area contributed by atoms with Crippen molar-refractivity contribution in [1.29, 1.82) is 0 Å². The molecule has 0 fully saturated rings. The summed E-state index contributed by atoms with van der Waals surface area (Å²) >= 11 is 7.67. The number of fused-ring (bicyclic) bond motifs is 1. The lowest BCUT2D eigenvalue weighted by atomic mass is 10.1. The molecule has 3 rings (SSSR count). The molecular weight excluding hydrogens is 290 g/mol. The van der Waals surface area contributed by atoms with Gasteiger partial charge in [-0.05, 0) is 35.2 Å². The Balaban J connectivity index is 1.88. The van der Waals surface area contributed by atoms with Gasteiger partial charge < -0.3 is 10.5 Å². The third kappa shape index (κ3) is 2.66. The minimum atomic E-state index is 0.525. The fraction of sp³-hybridized carbons (Fsp3) is 0.125. The minimum Gasteiger partial charge on any atom is -0.489 e. The Bertz CT molecular complexity index is 738. The highest BCUT2D eigenvalue weighted by Gasteiger charge is 2.08. The van der Waals surface area contributed by atoms with E-state index in [4.69, 9.17) is 22.1 Å². The Kier molecular flexibility index (Phi) is 3.92. The number of thiophene rings is 1. The van der Waals surface area contributed by atoms with Crippen LogP contribution in [0.5, 0.6) is 5.75 Å². The van der Waals surface area contributed by atoms with Gasteiger partial charge in [0.1, 0.15) is 12.4 Å². The molecule has 0 spiro atoms. The van der Waals surface area contributed by atoms with Crippen LogP contribution in [0.3, 0.4) is 0 Å². The van der Waals surface area contributed by atoms with Crippen molar-refractivity contribution in [2.75, 3.05) is 0 Å². The number of hydrogen-bond acceptors (Lipinski definition) is 3. The summed E-state index contributed by atoms with van der Waals surface area (Å²) in [5.41, 5.74) is 8.15. The van der Waals surface area contributed by atoms with Gasteiger partial charge in [-0.1, -0.05) is 29.8 Å². The largest absolute Gasteiger partial charge is 0.489 e. The van der Waals surface area contributed by atoms with E-state index in [0.717, 1.165) is 11.3 Å². The zero-order valence-electron chi connectivity index (χ0n) is 10.8. The molecule has 20 heavy (non-hydrogen) atoms. The third-order valence-electron chi connectivity index (χ3n) is 3.17. The van der Waals surface area contributed by atoms with Crippen molar-refractivity contribution in [3.05, 3.63) is 64.0 Å². The molecule has 1 heterocycles. The van der Waals surface area contributed by atoms with E-state index in [1.54, 1.807) is 11.3 Å². The van der Waals surface area contributed by atoms with E-state index in [9.17, 15) is 0 Å². The van der Waals surface area contributed by atoms with Crippen LogP contribution in [0.25, 0.3) is 10.1 Å². The second kappa shape index (κ2) is 5.83. The maximum atomic E-state index is 5.95. The molecule has 0 saturated carbocycles. The van der Waals surface area contributed by atoms with Gasteiger partial charge in [0.15, 0.2) is 0 Å². The predicted molar refractivity (Wildman–Crippen MR) is 85.5 cm³/mol. The van der Waals surface area contributed by atoms with Gasteiger partial charge in [0.25, 0.3) is 0 Å². The number of hydrogen-bond donors (Lipinski definition) is 1. The van der Waals surface area contributed by atoms with Crippen LogP contribution in [0, 0.1) is 0 Å². The van der Waals surface area contributed by atoms with Crippen LogP contribution < -0.4 is 10.5 Å². The molecule has 0 atom stereocenters. The summed E-state index contributed by atoms with van der Waals surface area (Å²) in [6, 6.07) is 13.7. The molecule has 102 valence electrons. The van der Waals surface area contributed by atoms with E-state index in [1.165, 1.54) is 15.6 Å². The maximum absolute atomic E-state index is 5.95. The number of benzene rings is 2. The number of nitrogens with two attached hydrogens (primary N) is 1. The van der Waals surface area contributed by atoms with Crippen molar-refractivity contribution in [3.63, 3.8) is 0 Å². The molecule has 2 aromatic carbocycles. The maximum Gasteiger partial charge on any atom is 0.121 e. The molecule has 4 heteroatoms. The summed E-state index contributed by atoms with van der Waals surface area (Å²) < 4.78 is 7.07. The first-order valence-corrected chi connectivity index (χ1v) is 7.60. The molecule has 0 saturated heterocycles. The normalized spacial score (nSPS) is 10.9. The molecule has 0 unspecified atom stereocenters. The molecule has 1 aromatic heterocycles. The minimum absolute atomic E-state index is 0.525. The third-order valence-corrected chi connectivity index (χ3v) is 4.40. The van der Waals surface area contributed by atoms with E-state index in [1.807, 2.05) is 30.3 Å². The average molecular weight is 304 g/mol. The zero-order valence-corrected chi connectivity index (χ0v) is 12.4. The van der Waals surface area contributed by atoms with Crippen LogP contribution in [0.15, 0.2) is 47.8 Å². The summed E-state index contributed by atoms with van der Waals surface area (Å²) in [5.74, 6) is 0.780. The molecule has 0 aliphatic rings. The highest BCUT2D eigenvalue weighted by molar-refractivity contribution is 7.17. The zero-order chi connectivity index (χ0) is 13.9. The number of halogens is 1. The van der Waals surface area contributed by atoms with Crippen molar-refractivity contribution >= 4 is 33.0 Å². The van der Waals surface area contributed by atoms with Gasteiger partial charge in [-0.2, -0.15) is 0 Å². The van der Waals surface area contributed by atoms with Crippen LogP contribution in [0.1, 0.15) is 11.1 Å². The highest BCUT2D eigenvalue weighted by atomic mass is 35.5. The van der Waals surface area contributed by atoms with E-state index in [0.29, 0.717) is 18.2 Å². The molecule has 3 aromatic rings. The van der Waals surface area contributed by atoms with E-state index >= 15 is 0 Å². The quantitative estimate of drug-likeness (QED) is 0.765. The van der Waals surface area contributed by atoms with Crippen molar-refractivity contribution in [2.24, 2.45) is 5.73 Å². The second-order valence-electron chi connectivity index (χ2n) is 4.50. The Labute approximate surface area is 126 Å². The van der Waals surface area contributed by atoms with Crippen molar-refractivity contribution in [2.45, 2.75) is 13.2 Å². The van der Waals surface area contributed by atoms with Crippen molar-refractivity contribution in [1.82, 2.24) is 0 Å².